The Morgan fingerprint density at radius 2 is 2.00 bits per heavy atom. The van der Waals surface area contributed by atoms with Gasteiger partial charge in [0.2, 0.25) is 5.95 Å². The van der Waals surface area contributed by atoms with E-state index in [4.69, 9.17) is 10.6 Å². The Hall–Kier alpha value is -2.09. The second-order valence-corrected chi connectivity index (χ2v) is 6.62. The summed E-state index contributed by atoms with van der Waals surface area (Å²) in [6, 6.07) is 0. The summed E-state index contributed by atoms with van der Waals surface area (Å²) in [5, 5.41) is 0. The number of fused-ring (bicyclic) bond motifs is 1. The quantitative estimate of drug-likeness (QED) is 0.626. The summed E-state index contributed by atoms with van der Waals surface area (Å²) in [5.41, 5.74) is 3.81. The highest BCUT2D eigenvalue weighted by Gasteiger charge is 2.33. The highest BCUT2D eigenvalue weighted by atomic mass is 16.6. The summed E-state index contributed by atoms with van der Waals surface area (Å²) in [6.45, 7) is 8.41. The molecular weight excluding hydrogens is 284 g/mol. The molecule has 3 N–H and O–H groups in total. The van der Waals surface area contributed by atoms with E-state index in [1.807, 2.05) is 20.8 Å². The van der Waals surface area contributed by atoms with Gasteiger partial charge in [-0.05, 0) is 27.2 Å². The molecule has 3 heterocycles. The number of nitrogens with zero attached hydrogens (tertiary/aromatic N) is 4. The SMILES string of the molecule is CC(C)(C)OC(=O)N1Cc2nc(NN)nc(N3CCC3)c2C1. The van der Waals surface area contributed by atoms with Gasteiger partial charge in [0.05, 0.1) is 18.8 Å². The van der Waals surface area contributed by atoms with Gasteiger partial charge in [0.15, 0.2) is 0 Å². The number of rotatable bonds is 2. The van der Waals surface area contributed by atoms with Crippen LogP contribution < -0.4 is 16.2 Å². The Balaban J connectivity index is 1.84. The van der Waals surface area contributed by atoms with Gasteiger partial charge >= 0.3 is 6.09 Å². The third kappa shape index (κ3) is 2.78. The van der Waals surface area contributed by atoms with Gasteiger partial charge in [0.25, 0.3) is 0 Å². The molecular formula is C14H22N6O2. The second-order valence-electron chi connectivity index (χ2n) is 6.62. The first-order chi connectivity index (χ1) is 10.4. The third-order valence-corrected chi connectivity index (χ3v) is 3.70. The Labute approximate surface area is 129 Å². The molecule has 1 aromatic rings. The molecule has 22 heavy (non-hydrogen) atoms. The monoisotopic (exact) mass is 306 g/mol. The summed E-state index contributed by atoms with van der Waals surface area (Å²) in [4.78, 5) is 24.9. The molecule has 0 aliphatic carbocycles. The van der Waals surface area contributed by atoms with Gasteiger partial charge in [-0.25, -0.2) is 15.6 Å². The average molecular weight is 306 g/mol. The van der Waals surface area contributed by atoms with Crippen molar-refractivity contribution in [2.75, 3.05) is 23.4 Å². The van der Waals surface area contributed by atoms with E-state index in [2.05, 4.69) is 20.3 Å². The van der Waals surface area contributed by atoms with Crippen LogP contribution in [0.15, 0.2) is 0 Å². The highest BCUT2D eigenvalue weighted by molar-refractivity contribution is 5.70. The lowest BCUT2D eigenvalue weighted by Gasteiger charge is -2.33. The molecule has 3 rings (SSSR count). The van der Waals surface area contributed by atoms with Crippen molar-refractivity contribution in [1.29, 1.82) is 0 Å². The predicted molar refractivity (Wildman–Crippen MR) is 82.2 cm³/mol. The Bertz CT molecular complexity index is 594. The smallest absolute Gasteiger partial charge is 0.410 e. The average Bonchev–Trinajstić information content (AvgIpc) is 2.78. The fourth-order valence-corrected chi connectivity index (χ4v) is 2.55. The third-order valence-electron chi connectivity index (χ3n) is 3.70. The minimum atomic E-state index is -0.512. The molecule has 0 atom stereocenters. The molecule has 1 aromatic heterocycles. The van der Waals surface area contributed by atoms with Crippen LogP contribution in [-0.4, -0.2) is 39.7 Å². The molecule has 0 saturated carbocycles. The van der Waals surface area contributed by atoms with Crippen molar-refractivity contribution in [3.63, 3.8) is 0 Å². The van der Waals surface area contributed by atoms with E-state index < -0.39 is 5.60 Å². The van der Waals surface area contributed by atoms with E-state index >= 15 is 0 Å². The standard InChI is InChI=1S/C14H22N6O2/c1-14(2,3)22-13(21)20-7-9-10(8-20)16-12(18-15)17-11(9)19-5-4-6-19/h4-8,15H2,1-3H3,(H,16,17,18). The lowest BCUT2D eigenvalue weighted by Crippen LogP contribution is -2.39. The van der Waals surface area contributed by atoms with Crippen LogP contribution in [0, 0.1) is 0 Å². The molecule has 2 aliphatic rings. The second kappa shape index (κ2) is 5.28. The van der Waals surface area contributed by atoms with Crippen molar-refractivity contribution < 1.29 is 9.53 Å². The number of anilines is 2. The van der Waals surface area contributed by atoms with Crippen LogP contribution in [0.5, 0.6) is 0 Å². The Morgan fingerprint density at radius 3 is 2.55 bits per heavy atom. The van der Waals surface area contributed by atoms with Crippen LogP contribution in [0.3, 0.4) is 0 Å². The number of hydrazine groups is 1. The molecule has 2 aliphatic heterocycles. The molecule has 8 nitrogen and oxygen atoms in total. The van der Waals surface area contributed by atoms with E-state index in [0.717, 1.165) is 36.6 Å². The fraction of sp³-hybridized carbons (Fsp3) is 0.643. The first kappa shape index (κ1) is 14.8. The van der Waals surface area contributed by atoms with Crippen LogP contribution in [0.25, 0.3) is 0 Å². The zero-order valence-electron chi connectivity index (χ0n) is 13.2. The molecule has 1 saturated heterocycles. The van der Waals surface area contributed by atoms with Crippen LogP contribution in [0.1, 0.15) is 38.4 Å². The van der Waals surface area contributed by atoms with Crippen LogP contribution in [0.2, 0.25) is 0 Å². The number of nitrogens with one attached hydrogen (secondary N) is 1. The normalized spacial score (nSPS) is 17.1. The zero-order chi connectivity index (χ0) is 15.9. The number of hydrogen-bond acceptors (Lipinski definition) is 7. The topological polar surface area (TPSA) is 96.6 Å². The highest BCUT2D eigenvalue weighted by Crippen LogP contribution is 2.33. The molecule has 0 unspecified atom stereocenters. The molecule has 1 amide bonds. The largest absolute Gasteiger partial charge is 0.444 e. The number of carbonyl (C=O) groups excluding carboxylic acids is 1. The zero-order valence-corrected chi connectivity index (χ0v) is 13.2. The Kier molecular flexibility index (Phi) is 3.56. The number of aromatic nitrogens is 2. The lowest BCUT2D eigenvalue weighted by atomic mass is 10.1. The first-order valence-corrected chi connectivity index (χ1v) is 7.46. The minimum Gasteiger partial charge on any atom is -0.444 e. The summed E-state index contributed by atoms with van der Waals surface area (Å²) in [7, 11) is 0. The van der Waals surface area contributed by atoms with E-state index in [0.29, 0.717) is 19.0 Å². The minimum absolute atomic E-state index is 0.331. The maximum Gasteiger partial charge on any atom is 0.410 e. The van der Waals surface area contributed by atoms with Crippen molar-refractivity contribution in [2.45, 2.75) is 45.9 Å². The van der Waals surface area contributed by atoms with Gasteiger partial charge < -0.3 is 9.64 Å². The molecule has 120 valence electrons. The molecule has 0 radical (unpaired) electrons. The number of amides is 1. The van der Waals surface area contributed by atoms with Crippen molar-refractivity contribution in [3.05, 3.63) is 11.3 Å². The van der Waals surface area contributed by atoms with Crippen LogP contribution in [0.4, 0.5) is 16.6 Å². The number of nitrogen functional groups attached to an aromatic ring is 1. The van der Waals surface area contributed by atoms with Gasteiger partial charge in [0.1, 0.15) is 11.4 Å². The van der Waals surface area contributed by atoms with Gasteiger partial charge in [-0.2, -0.15) is 4.98 Å². The molecule has 0 aromatic carbocycles. The van der Waals surface area contributed by atoms with E-state index in [1.54, 1.807) is 4.90 Å². The van der Waals surface area contributed by atoms with Crippen molar-refractivity contribution in [3.8, 4) is 0 Å². The lowest BCUT2D eigenvalue weighted by molar-refractivity contribution is 0.0241. The summed E-state index contributed by atoms with van der Waals surface area (Å²) in [6.07, 6.45) is 0.822. The van der Waals surface area contributed by atoms with E-state index in [-0.39, 0.29) is 6.09 Å². The fourth-order valence-electron chi connectivity index (χ4n) is 2.55. The summed E-state index contributed by atoms with van der Waals surface area (Å²) < 4.78 is 5.43. The number of hydrogen-bond donors (Lipinski definition) is 2. The summed E-state index contributed by atoms with van der Waals surface area (Å²) in [5.74, 6) is 6.70. The van der Waals surface area contributed by atoms with Gasteiger partial charge in [-0.3, -0.25) is 10.3 Å². The van der Waals surface area contributed by atoms with Crippen LogP contribution in [-0.2, 0) is 17.8 Å². The molecule has 8 heteroatoms. The Morgan fingerprint density at radius 1 is 1.27 bits per heavy atom. The molecule has 0 bridgehead atoms. The van der Waals surface area contributed by atoms with Crippen LogP contribution >= 0.6 is 0 Å². The van der Waals surface area contributed by atoms with E-state index in [1.165, 1.54) is 0 Å². The van der Waals surface area contributed by atoms with Gasteiger partial charge in [-0.1, -0.05) is 0 Å². The molecule has 0 spiro atoms. The number of carbonyl (C=O) groups is 1. The molecule has 1 fully saturated rings. The van der Waals surface area contributed by atoms with Crippen molar-refractivity contribution in [1.82, 2.24) is 14.9 Å². The number of nitrogens with two attached hydrogens (primary N) is 1. The van der Waals surface area contributed by atoms with Crippen molar-refractivity contribution >= 4 is 17.9 Å². The van der Waals surface area contributed by atoms with Gasteiger partial charge in [0, 0.05) is 18.7 Å². The van der Waals surface area contributed by atoms with Crippen molar-refractivity contribution in [2.24, 2.45) is 5.84 Å². The number of ether oxygens (including phenoxy) is 1. The predicted octanol–water partition coefficient (Wildman–Crippen LogP) is 1.22. The van der Waals surface area contributed by atoms with E-state index in [9.17, 15) is 4.79 Å². The first-order valence-electron chi connectivity index (χ1n) is 7.46. The maximum atomic E-state index is 12.3. The maximum absolute atomic E-state index is 12.3. The summed E-state index contributed by atoms with van der Waals surface area (Å²) >= 11 is 0. The van der Waals surface area contributed by atoms with Gasteiger partial charge in [-0.15, -0.1) is 0 Å².